The van der Waals surface area contributed by atoms with Gasteiger partial charge in [0.2, 0.25) is 5.91 Å². The third-order valence-corrected chi connectivity index (χ3v) is 3.09. The van der Waals surface area contributed by atoms with Gasteiger partial charge in [-0.1, -0.05) is 23.7 Å². The Balaban J connectivity index is 1.73. The van der Waals surface area contributed by atoms with Crippen molar-refractivity contribution in [3.8, 4) is 0 Å². The van der Waals surface area contributed by atoms with Crippen LogP contribution in [0.1, 0.15) is 5.56 Å². The largest absolute Gasteiger partial charge is 0.367 e. The molecule has 1 saturated heterocycles. The summed E-state index contributed by atoms with van der Waals surface area (Å²) >= 11 is 5.87. The van der Waals surface area contributed by atoms with E-state index in [4.69, 9.17) is 16.3 Å². The highest BCUT2D eigenvalue weighted by Crippen LogP contribution is 2.11. The first kappa shape index (κ1) is 13.3. The van der Waals surface area contributed by atoms with Crippen LogP contribution < -0.4 is 5.32 Å². The predicted molar refractivity (Wildman–Crippen MR) is 70.6 cm³/mol. The van der Waals surface area contributed by atoms with Crippen molar-refractivity contribution in [1.29, 1.82) is 0 Å². The zero-order valence-electron chi connectivity index (χ0n) is 10.2. The predicted octanol–water partition coefficient (Wildman–Crippen LogP) is 1.29. The molecule has 0 aromatic heterocycles. The van der Waals surface area contributed by atoms with Gasteiger partial charge in [-0.15, -0.1) is 0 Å². The molecular weight excluding hydrogens is 252 g/mol. The van der Waals surface area contributed by atoms with Crippen molar-refractivity contribution in [2.75, 3.05) is 32.8 Å². The average molecular weight is 269 g/mol. The summed E-state index contributed by atoms with van der Waals surface area (Å²) in [7, 11) is 0. The molecule has 0 aliphatic carbocycles. The number of rotatable bonds is 4. The molecule has 1 fully saturated rings. The summed E-state index contributed by atoms with van der Waals surface area (Å²) in [6.07, 6.45) is 0. The fourth-order valence-electron chi connectivity index (χ4n) is 1.89. The Morgan fingerprint density at radius 3 is 2.89 bits per heavy atom. The molecule has 1 aliphatic heterocycles. The maximum Gasteiger partial charge on any atom is 0.248 e. The van der Waals surface area contributed by atoms with Gasteiger partial charge in [-0.05, 0) is 17.7 Å². The van der Waals surface area contributed by atoms with Gasteiger partial charge < -0.3 is 15.0 Å². The summed E-state index contributed by atoms with van der Waals surface area (Å²) in [5.41, 5.74) is 0.982. The molecule has 1 aliphatic rings. The van der Waals surface area contributed by atoms with Crippen molar-refractivity contribution in [2.45, 2.75) is 6.61 Å². The van der Waals surface area contributed by atoms with Gasteiger partial charge in [-0.3, -0.25) is 4.79 Å². The summed E-state index contributed by atoms with van der Waals surface area (Å²) in [4.78, 5) is 13.6. The van der Waals surface area contributed by atoms with Gasteiger partial charge in [0.1, 0.15) is 6.61 Å². The number of nitrogens with zero attached hydrogens (tertiary/aromatic N) is 1. The van der Waals surface area contributed by atoms with E-state index in [1.165, 1.54) is 0 Å². The molecule has 0 saturated carbocycles. The Kier molecular flexibility index (Phi) is 4.99. The third kappa shape index (κ3) is 3.98. The van der Waals surface area contributed by atoms with Crippen molar-refractivity contribution in [3.63, 3.8) is 0 Å². The number of ether oxygens (including phenoxy) is 1. The normalized spacial score (nSPS) is 15.7. The SMILES string of the molecule is O=C(COCc1cccc(Cl)c1)N1CCNCC1. The Bertz CT molecular complexity index is 406. The topological polar surface area (TPSA) is 41.6 Å². The fraction of sp³-hybridized carbons (Fsp3) is 0.462. The molecule has 1 N–H and O–H groups in total. The van der Waals surface area contributed by atoms with Crippen molar-refractivity contribution in [2.24, 2.45) is 0 Å². The van der Waals surface area contributed by atoms with E-state index >= 15 is 0 Å². The zero-order valence-corrected chi connectivity index (χ0v) is 10.9. The summed E-state index contributed by atoms with van der Waals surface area (Å²) in [5.74, 6) is 0.0542. The fourth-order valence-corrected chi connectivity index (χ4v) is 2.10. The molecule has 18 heavy (non-hydrogen) atoms. The molecule has 1 aromatic rings. The highest BCUT2D eigenvalue weighted by atomic mass is 35.5. The van der Waals surface area contributed by atoms with Crippen LogP contribution >= 0.6 is 11.6 Å². The quantitative estimate of drug-likeness (QED) is 0.895. The van der Waals surface area contributed by atoms with Crippen molar-refractivity contribution in [1.82, 2.24) is 10.2 Å². The third-order valence-electron chi connectivity index (χ3n) is 2.85. The van der Waals surface area contributed by atoms with E-state index in [0.717, 1.165) is 31.7 Å². The number of amides is 1. The maximum absolute atomic E-state index is 11.8. The lowest BCUT2D eigenvalue weighted by atomic mass is 10.2. The molecule has 1 aromatic carbocycles. The molecule has 0 radical (unpaired) electrons. The first-order valence-electron chi connectivity index (χ1n) is 6.06. The van der Waals surface area contributed by atoms with Gasteiger partial charge in [0.05, 0.1) is 6.61 Å². The second-order valence-electron chi connectivity index (χ2n) is 4.25. The molecule has 0 spiro atoms. The number of carbonyl (C=O) groups is 1. The second kappa shape index (κ2) is 6.73. The van der Waals surface area contributed by atoms with E-state index in [1.807, 2.05) is 29.2 Å². The van der Waals surface area contributed by atoms with E-state index in [-0.39, 0.29) is 12.5 Å². The first-order valence-corrected chi connectivity index (χ1v) is 6.44. The standard InChI is InChI=1S/C13H17ClN2O2/c14-12-3-1-2-11(8-12)9-18-10-13(17)16-6-4-15-5-7-16/h1-3,8,15H,4-7,9-10H2. The van der Waals surface area contributed by atoms with Gasteiger partial charge in [-0.25, -0.2) is 0 Å². The summed E-state index contributed by atoms with van der Waals surface area (Å²) in [5, 5.41) is 3.89. The molecule has 4 nitrogen and oxygen atoms in total. The van der Waals surface area contributed by atoms with Gasteiger partial charge in [0.15, 0.2) is 0 Å². The van der Waals surface area contributed by atoms with E-state index in [1.54, 1.807) is 0 Å². The Labute approximate surface area is 112 Å². The van der Waals surface area contributed by atoms with Crippen LogP contribution in [-0.4, -0.2) is 43.6 Å². The number of halogens is 1. The van der Waals surface area contributed by atoms with Gasteiger partial charge >= 0.3 is 0 Å². The van der Waals surface area contributed by atoms with Crippen LogP contribution in [0.5, 0.6) is 0 Å². The number of piperazine rings is 1. The summed E-state index contributed by atoms with van der Waals surface area (Å²) in [6.45, 7) is 3.80. The van der Waals surface area contributed by atoms with Gasteiger partial charge in [0.25, 0.3) is 0 Å². The highest BCUT2D eigenvalue weighted by molar-refractivity contribution is 6.30. The van der Waals surface area contributed by atoms with Crippen LogP contribution in [0.3, 0.4) is 0 Å². The van der Waals surface area contributed by atoms with Crippen LogP contribution in [0, 0.1) is 0 Å². The van der Waals surface area contributed by atoms with Gasteiger partial charge in [0, 0.05) is 31.2 Å². The molecule has 1 heterocycles. The van der Waals surface area contributed by atoms with Crippen LogP contribution in [0.15, 0.2) is 24.3 Å². The lowest BCUT2D eigenvalue weighted by Crippen LogP contribution is -2.47. The number of benzene rings is 1. The Hall–Kier alpha value is -1.10. The second-order valence-corrected chi connectivity index (χ2v) is 4.69. The van der Waals surface area contributed by atoms with E-state index in [0.29, 0.717) is 11.6 Å². The number of hydrogen-bond donors (Lipinski definition) is 1. The van der Waals surface area contributed by atoms with Gasteiger partial charge in [-0.2, -0.15) is 0 Å². The minimum atomic E-state index is 0.0542. The highest BCUT2D eigenvalue weighted by Gasteiger charge is 2.15. The van der Waals surface area contributed by atoms with Crippen LogP contribution in [0.25, 0.3) is 0 Å². The Morgan fingerprint density at radius 2 is 2.17 bits per heavy atom. The molecule has 5 heteroatoms. The zero-order chi connectivity index (χ0) is 12.8. The van der Waals surface area contributed by atoms with E-state index in [9.17, 15) is 4.79 Å². The van der Waals surface area contributed by atoms with Crippen LogP contribution in [0.4, 0.5) is 0 Å². The number of nitrogens with one attached hydrogen (secondary N) is 1. The minimum absolute atomic E-state index is 0.0542. The molecular formula is C13H17ClN2O2. The smallest absolute Gasteiger partial charge is 0.248 e. The minimum Gasteiger partial charge on any atom is -0.367 e. The lowest BCUT2D eigenvalue weighted by Gasteiger charge is -2.27. The summed E-state index contributed by atoms with van der Waals surface area (Å²) in [6, 6.07) is 7.47. The molecule has 1 amide bonds. The maximum atomic E-state index is 11.8. The average Bonchev–Trinajstić information content (AvgIpc) is 2.40. The van der Waals surface area contributed by atoms with Crippen molar-refractivity contribution < 1.29 is 9.53 Å². The molecule has 0 atom stereocenters. The monoisotopic (exact) mass is 268 g/mol. The first-order chi connectivity index (χ1) is 8.75. The summed E-state index contributed by atoms with van der Waals surface area (Å²) < 4.78 is 5.42. The molecule has 0 unspecified atom stereocenters. The molecule has 0 bridgehead atoms. The molecule has 2 rings (SSSR count). The van der Waals surface area contributed by atoms with Crippen molar-refractivity contribution >= 4 is 17.5 Å². The van der Waals surface area contributed by atoms with Crippen LogP contribution in [-0.2, 0) is 16.1 Å². The Morgan fingerprint density at radius 1 is 1.39 bits per heavy atom. The van der Waals surface area contributed by atoms with Crippen LogP contribution in [0.2, 0.25) is 5.02 Å². The lowest BCUT2D eigenvalue weighted by molar-refractivity contribution is -0.137. The molecule has 98 valence electrons. The number of hydrogen-bond acceptors (Lipinski definition) is 3. The number of carbonyl (C=O) groups excluding carboxylic acids is 1. The van der Waals surface area contributed by atoms with Crippen molar-refractivity contribution in [3.05, 3.63) is 34.9 Å². The van der Waals surface area contributed by atoms with E-state index < -0.39 is 0 Å². The van der Waals surface area contributed by atoms with E-state index in [2.05, 4.69) is 5.32 Å².